The minimum Gasteiger partial charge on any atom is -0.443 e. The Hall–Kier alpha value is -2.71. The summed E-state index contributed by atoms with van der Waals surface area (Å²) in [6.07, 6.45) is 5.73. The molecule has 0 N–H and O–H groups in total. The molecule has 0 atom stereocenters. The Morgan fingerprint density at radius 3 is 2.29 bits per heavy atom. The van der Waals surface area contributed by atoms with E-state index in [1.54, 1.807) is 11.0 Å². The van der Waals surface area contributed by atoms with Gasteiger partial charge in [-0.3, -0.25) is 9.59 Å². The molecule has 8 heteroatoms. The van der Waals surface area contributed by atoms with Gasteiger partial charge in [-0.05, 0) is 25.3 Å². The first-order chi connectivity index (χ1) is 15.2. The van der Waals surface area contributed by atoms with Gasteiger partial charge < -0.3 is 23.7 Å². The summed E-state index contributed by atoms with van der Waals surface area (Å²) in [6.45, 7) is 3.77. The van der Waals surface area contributed by atoms with Crippen LogP contribution in [0.4, 0.5) is 0 Å². The molecule has 1 aromatic carbocycles. The van der Waals surface area contributed by atoms with Gasteiger partial charge in [0.1, 0.15) is 0 Å². The molecule has 2 aromatic rings. The molecule has 164 valence electrons. The van der Waals surface area contributed by atoms with Gasteiger partial charge in [0, 0.05) is 44.6 Å². The van der Waals surface area contributed by atoms with Gasteiger partial charge in [-0.15, -0.1) is 0 Å². The number of carbonyl (C=O) groups excluding carboxylic acids is 2. The third-order valence-electron chi connectivity index (χ3n) is 6.44. The largest absolute Gasteiger partial charge is 0.443 e. The van der Waals surface area contributed by atoms with E-state index >= 15 is 0 Å². The van der Waals surface area contributed by atoms with Gasteiger partial charge in [0.2, 0.25) is 0 Å². The summed E-state index contributed by atoms with van der Waals surface area (Å²) < 4.78 is 17.2. The Kier molecular flexibility index (Phi) is 5.50. The van der Waals surface area contributed by atoms with E-state index in [0.717, 1.165) is 32.4 Å². The second-order valence-corrected chi connectivity index (χ2v) is 8.33. The summed E-state index contributed by atoms with van der Waals surface area (Å²) in [4.78, 5) is 34.3. The van der Waals surface area contributed by atoms with Crippen molar-refractivity contribution in [3.05, 3.63) is 41.9 Å². The second kappa shape index (κ2) is 8.43. The molecule has 0 radical (unpaired) electrons. The van der Waals surface area contributed by atoms with E-state index in [4.69, 9.17) is 13.9 Å². The highest BCUT2D eigenvalue weighted by atomic mass is 16.7. The fourth-order valence-corrected chi connectivity index (χ4v) is 4.71. The predicted octanol–water partition coefficient (Wildman–Crippen LogP) is 2.95. The summed E-state index contributed by atoms with van der Waals surface area (Å²) in [5.41, 5.74) is 1.39. The average molecular weight is 425 g/mol. The Morgan fingerprint density at radius 1 is 0.871 bits per heavy atom. The number of carbonyl (C=O) groups is 2. The molecule has 2 amide bonds. The lowest BCUT2D eigenvalue weighted by molar-refractivity contribution is -0.181. The van der Waals surface area contributed by atoms with E-state index in [2.05, 4.69) is 4.98 Å². The minimum absolute atomic E-state index is 0.0273. The Balaban J connectivity index is 1.38. The van der Waals surface area contributed by atoms with Crippen LogP contribution >= 0.6 is 0 Å². The van der Waals surface area contributed by atoms with Gasteiger partial charge in [-0.2, -0.15) is 0 Å². The molecule has 0 bridgehead atoms. The number of amides is 2. The fourth-order valence-electron chi connectivity index (χ4n) is 4.71. The van der Waals surface area contributed by atoms with E-state index in [-0.39, 0.29) is 17.5 Å². The zero-order chi connectivity index (χ0) is 21.3. The van der Waals surface area contributed by atoms with Crippen molar-refractivity contribution in [3.63, 3.8) is 0 Å². The van der Waals surface area contributed by atoms with Crippen LogP contribution in [0.3, 0.4) is 0 Å². The number of rotatable bonds is 3. The van der Waals surface area contributed by atoms with Crippen molar-refractivity contribution >= 4 is 11.8 Å². The number of nitrogens with zero attached hydrogens (tertiary/aromatic N) is 3. The molecule has 4 heterocycles. The van der Waals surface area contributed by atoms with Crippen molar-refractivity contribution < 1.29 is 23.5 Å². The molecule has 3 saturated heterocycles. The lowest BCUT2D eigenvalue weighted by Gasteiger charge is -2.37. The third kappa shape index (κ3) is 3.85. The molecule has 3 aliphatic rings. The zero-order valence-corrected chi connectivity index (χ0v) is 17.5. The molecule has 31 heavy (non-hydrogen) atoms. The number of ether oxygens (including phenoxy) is 2. The lowest BCUT2D eigenvalue weighted by Crippen LogP contribution is -2.47. The van der Waals surface area contributed by atoms with Gasteiger partial charge >= 0.3 is 0 Å². The van der Waals surface area contributed by atoms with Crippen LogP contribution in [-0.2, 0) is 9.47 Å². The number of piperidine rings is 2. The Bertz CT molecular complexity index is 950. The number of aromatic nitrogens is 1. The van der Waals surface area contributed by atoms with Crippen LogP contribution < -0.4 is 0 Å². The lowest BCUT2D eigenvalue weighted by atomic mass is 10.00. The third-order valence-corrected chi connectivity index (χ3v) is 6.44. The van der Waals surface area contributed by atoms with Crippen LogP contribution in [0, 0.1) is 0 Å². The molecule has 8 nitrogen and oxygen atoms in total. The summed E-state index contributed by atoms with van der Waals surface area (Å²) in [6, 6.07) is 7.30. The molecule has 1 aromatic heterocycles. The van der Waals surface area contributed by atoms with Gasteiger partial charge in [0.15, 0.2) is 23.6 Å². The van der Waals surface area contributed by atoms with Crippen LogP contribution in [-0.4, -0.2) is 71.8 Å². The van der Waals surface area contributed by atoms with E-state index < -0.39 is 5.79 Å². The second-order valence-electron chi connectivity index (χ2n) is 8.33. The highest BCUT2D eigenvalue weighted by Crippen LogP contribution is 2.33. The SMILES string of the molecule is O=C(c1ccccc1-c1ocnc1C(=O)N1CCC2(CC1)OCCO2)N1CCCCC1. The van der Waals surface area contributed by atoms with Crippen LogP contribution in [0.25, 0.3) is 11.3 Å². The quantitative estimate of drug-likeness (QED) is 0.752. The molecule has 0 aliphatic carbocycles. The van der Waals surface area contributed by atoms with E-state index in [9.17, 15) is 9.59 Å². The maximum atomic E-state index is 13.3. The van der Waals surface area contributed by atoms with Crippen LogP contribution in [0.2, 0.25) is 0 Å². The minimum atomic E-state index is -0.545. The van der Waals surface area contributed by atoms with Crippen molar-refractivity contribution in [1.29, 1.82) is 0 Å². The highest BCUT2D eigenvalue weighted by Gasteiger charge is 2.41. The molecule has 3 fully saturated rings. The number of hydrogen-bond donors (Lipinski definition) is 0. The van der Waals surface area contributed by atoms with E-state index in [1.807, 2.05) is 23.1 Å². The molecule has 5 rings (SSSR count). The first-order valence-electron chi connectivity index (χ1n) is 11.1. The monoisotopic (exact) mass is 425 g/mol. The van der Waals surface area contributed by atoms with Crippen molar-refractivity contribution in [2.45, 2.75) is 37.9 Å². The first-order valence-corrected chi connectivity index (χ1v) is 11.1. The number of hydrogen-bond acceptors (Lipinski definition) is 6. The predicted molar refractivity (Wildman–Crippen MR) is 111 cm³/mol. The van der Waals surface area contributed by atoms with Crippen molar-refractivity contribution in [1.82, 2.24) is 14.8 Å². The zero-order valence-electron chi connectivity index (χ0n) is 17.5. The summed E-state index contributed by atoms with van der Waals surface area (Å²) >= 11 is 0. The summed E-state index contributed by atoms with van der Waals surface area (Å²) in [7, 11) is 0. The topological polar surface area (TPSA) is 85.1 Å². The fraction of sp³-hybridized carbons (Fsp3) is 0.522. The first kappa shape index (κ1) is 20.2. The van der Waals surface area contributed by atoms with E-state index in [1.165, 1.54) is 6.39 Å². The summed E-state index contributed by atoms with van der Waals surface area (Å²) in [5, 5.41) is 0. The average Bonchev–Trinajstić information content (AvgIpc) is 3.49. The van der Waals surface area contributed by atoms with Gasteiger partial charge in [-0.1, -0.05) is 18.2 Å². The maximum Gasteiger partial charge on any atom is 0.276 e. The van der Waals surface area contributed by atoms with Gasteiger partial charge in [0.05, 0.1) is 18.8 Å². The van der Waals surface area contributed by atoms with Crippen molar-refractivity contribution in [2.24, 2.45) is 0 Å². The van der Waals surface area contributed by atoms with Gasteiger partial charge in [0.25, 0.3) is 11.8 Å². The Labute approximate surface area is 181 Å². The normalized spacial score (nSPS) is 20.9. The number of oxazole rings is 1. The summed E-state index contributed by atoms with van der Waals surface area (Å²) in [5.74, 6) is -0.423. The van der Waals surface area contributed by atoms with Crippen molar-refractivity contribution in [2.75, 3.05) is 39.4 Å². The molecule has 0 unspecified atom stereocenters. The molecular formula is C23H27N3O5. The van der Waals surface area contributed by atoms with Crippen molar-refractivity contribution in [3.8, 4) is 11.3 Å². The molecule has 1 spiro atoms. The standard InChI is InChI=1S/C23H27N3O5/c27-21(25-10-4-1-5-11-25)18-7-3-2-6-17(18)20-19(24-16-29-20)22(28)26-12-8-23(9-13-26)30-14-15-31-23/h2-3,6-7,16H,1,4-5,8-15H2. The van der Waals surface area contributed by atoms with E-state index in [0.29, 0.717) is 56.0 Å². The molecular weight excluding hydrogens is 398 g/mol. The van der Waals surface area contributed by atoms with Crippen LogP contribution in [0.1, 0.15) is 53.0 Å². The Morgan fingerprint density at radius 2 is 1.55 bits per heavy atom. The molecule has 3 aliphatic heterocycles. The molecule has 0 saturated carbocycles. The maximum absolute atomic E-state index is 13.3. The van der Waals surface area contributed by atoms with Crippen LogP contribution in [0.5, 0.6) is 0 Å². The van der Waals surface area contributed by atoms with Gasteiger partial charge in [-0.25, -0.2) is 4.98 Å². The highest BCUT2D eigenvalue weighted by molar-refractivity contribution is 6.04. The number of benzene rings is 1. The smallest absolute Gasteiger partial charge is 0.276 e. The van der Waals surface area contributed by atoms with Crippen LogP contribution in [0.15, 0.2) is 35.1 Å². The number of likely N-dealkylation sites (tertiary alicyclic amines) is 2.